The van der Waals surface area contributed by atoms with E-state index in [1.54, 1.807) is 26.8 Å². The fourth-order valence-electron chi connectivity index (χ4n) is 3.80. The molecule has 0 spiro atoms. The fraction of sp³-hybridized carbons (Fsp3) is 0.655. The molecule has 0 bridgehead atoms. The van der Waals surface area contributed by atoms with E-state index in [1.165, 1.54) is 12.1 Å². The van der Waals surface area contributed by atoms with E-state index in [0.29, 0.717) is 24.8 Å². The van der Waals surface area contributed by atoms with Crippen LogP contribution in [0.15, 0.2) is 18.2 Å². The number of esters is 3. The first kappa shape index (κ1) is 33.1. The second-order valence-corrected chi connectivity index (χ2v) is 10.4. The highest BCUT2D eigenvalue weighted by Gasteiger charge is 2.24. The Balaban J connectivity index is 3.06. The number of carbonyl (C=O) groups is 4. The van der Waals surface area contributed by atoms with Gasteiger partial charge in [0, 0.05) is 13.0 Å². The summed E-state index contributed by atoms with van der Waals surface area (Å²) in [5, 5.41) is 12.7. The van der Waals surface area contributed by atoms with Crippen molar-refractivity contribution in [2.45, 2.75) is 99.1 Å². The zero-order valence-electron chi connectivity index (χ0n) is 23.9. The average molecular weight is 536 g/mol. The number of hydrogen-bond donors (Lipinski definition) is 2. The van der Waals surface area contributed by atoms with Gasteiger partial charge in [-0.15, -0.1) is 0 Å². The van der Waals surface area contributed by atoms with E-state index in [9.17, 15) is 24.3 Å². The normalized spacial score (nSPS) is 14.3. The summed E-state index contributed by atoms with van der Waals surface area (Å²) in [5.41, 5.74) is 0.571. The molecule has 0 heterocycles. The molecule has 1 aromatic carbocycles. The van der Waals surface area contributed by atoms with Gasteiger partial charge < -0.3 is 24.6 Å². The maximum Gasteiger partial charge on any atom is 0.321 e. The minimum atomic E-state index is -1.08. The molecule has 0 aliphatic carbocycles. The molecular formula is C29H45NO8. The number of carbonyl (C=O) groups excluding carboxylic acids is 3. The molecule has 9 heteroatoms. The molecule has 0 aliphatic heterocycles. The van der Waals surface area contributed by atoms with Gasteiger partial charge in [0.15, 0.2) is 11.5 Å². The molecule has 0 radical (unpaired) electrons. The van der Waals surface area contributed by atoms with Crippen molar-refractivity contribution in [3.63, 3.8) is 0 Å². The third-order valence-corrected chi connectivity index (χ3v) is 5.97. The van der Waals surface area contributed by atoms with Gasteiger partial charge in [-0.1, -0.05) is 60.5 Å². The molecule has 1 rings (SSSR count). The van der Waals surface area contributed by atoms with E-state index < -0.39 is 30.1 Å². The number of aliphatic carboxylic acids is 1. The van der Waals surface area contributed by atoms with E-state index in [4.69, 9.17) is 14.2 Å². The van der Waals surface area contributed by atoms with E-state index in [-0.39, 0.29) is 48.2 Å². The Labute approximate surface area is 226 Å². The summed E-state index contributed by atoms with van der Waals surface area (Å²) in [6.07, 6.45) is 2.79. The molecule has 1 aromatic rings. The second kappa shape index (κ2) is 16.8. The molecule has 2 N–H and O–H groups in total. The Hall–Kier alpha value is -2.94. The number of hydrogen-bond acceptors (Lipinski definition) is 8. The average Bonchev–Trinajstić information content (AvgIpc) is 2.82. The lowest BCUT2D eigenvalue weighted by molar-refractivity contribution is -0.149. The molecule has 0 aromatic heterocycles. The van der Waals surface area contributed by atoms with Crippen LogP contribution in [0.2, 0.25) is 0 Å². The van der Waals surface area contributed by atoms with Gasteiger partial charge in [0.05, 0.1) is 11.8 Å². The maximum absolute atomic E-state index is 12.6. The summed E-state index contributed by atoms with van der Waals surface area (Å²) < 4.78 is 16.5. The van der Waals surface area contributed by atoms with Crippen molar-refractivity contribution in [1.29, 1.82) is 0 Å². The summed E-state index contributed by atoms with van der Waals surface area (Å²) in [7, 11) is 0. The number of ether oxygens (including phenoxy) is 3. The zero-order valence-corrected chi connectivity index (χ0v) is 23.9. The molecule has 4 atom stereocenters. The first-order chi connectivity index (χ1) is 17.9. The number of nitrogens with one attached hydrogen (secondary N) is 1. The summed E-state index contributed by atoms with van der Waals surface area (Å²) in [6, 6.07) is 3.72. The van der Waals surface area contributed by atoms with Crippen LogP contribution in [0, 0.1) is 17.8 Å². The number of carboxylic acid groups (broad SMARTS) is 1. The van der Waals surface area contributed by atoms with E-state index in [1.807, 2.05) is 27.7 Å². The number of carboxylic acids is 1. The van der Waals surface area contributed by atoms with Gasteiger partial charge in [0.1, 0.15) is 12.1 Å². The van der Waals surface area contributed by atoms with E-state index in [2.05, 4.69) is 5.32 Å². The highest BCUT2D eigenvalue weighted by molar-refractivity contribution is 5.78. The summed E-state index contributed by atoms with van der Waals surface area (Å²) in [5.74, 6) is -2.60. The van der Waals surface area contributed by atoms with Crippen molar-refractivity contribution in [2.75, 3.05) is 6.54 Å². The molecule has 3 unspecified atom stereocenters. The Morgan fingerprint density at radius 1 is 0.868 bits per heavy atom. The molecule has 0 saturated carbocycles. The first-order valence-corrected chi connectivity index (χ1v) is 13.6. The van der Waals surface area contributed by atoms with Gasteiger partial charge in [-0.05, 0) is 49.8 Å². The molecule has 0 fully saturated rings. The minimum absolute atomic E-state index is 0.0670. The molecule has 9 nitrogen and oxygen atoms in total. The van der Waals surface area contributed by atoms with Crippen molar-refractivity contribution in [2.24, 2.45) is 17.8 Å². The molecule has 0 saturated heterocycles. The van der Waals surface area contributed by atoms with Crippen LogP contribution in [0.3, 0.4) is 0 Å². The van der Waals surface area contributed by atoms with Crippen molar-refractivity contribution in [3.8, 4) is 11.5 Å². The Bertz CT molecular complexity index is 929. The standard InChI is InChI=1S/C29H45NO8/c1-8-10-19(5)28(34)37-24-13-12-22(16-25(24)38-29(35)20(6)11-9-2)15-23(27(32)33)30-17-21(7)36-26(31)14-18(3)4/h12-13,16,18-21,23,30H,8-11,14-15,17H2,1-7H3,(H,32,33)/t19?,20?,21?,23-/m0/s1. The first-order valence-electron chi connectivity index (χ1n) is 13.6. The Morgan fingerprint density at radius 3 is 1.92 bits per heavy atom. The topological polar surface area (TPSA) is 128 Å². The fourth-order valence-corrected chi connectivity index (χ4v) is 3.80. The molecule has 0 amide bonds. The van der Waals surface area contributed by atoms with Crippen LogP contribution < -0.4 is 14.8 Å². The predicted octanol–water partition coefficient (Wildman–Crippen LogP) is 4.93. The minimum Gasteiger partial charge on any atom is -0.480 e. The van der Waals surface area contributed by atoms with Crippen molar-refractivity contribution in [3.05, 3.63) is 23.8 Å². The van der Waals surface area contributed by atoms with Crippen LogP contribution in [0.1, 0.15) is 86.1 Å². The lowest BCUT2D eigenvalue weighted by Gasteiger charge is -2.20. The second-order valence-electron chi connectivity index (χ2n) is 10.4. The van der Waals surface area contributed by atoms with Crippen molar-refractivity contribution >= 4 is 23.9 Å². The van der Waals surface area contributed by atoms with Crippen molar-refractivity contribution in [1.82, 2.24) is 5.32 Å². The highest BCUT2D eigenvalue weighted by Crippen LogP contribution is 2.31. The van der Waals surface area contributed by atoms with E-state index in [0.717, 1.165) is 12.8 Å². The lowest BCUT2D eigenvalue weighted by atomic mass is 10.0. The van der Waals surface area contributed by atoms with Gasteiger partial charge in [-0.25, -0.2) is 0 Å². The molecular weight excluding hydrogens is 490 g/mol. The van der Waals surface area contributed by atoms with Crippen LogP contribution in [0.25, 0.3) is 0 Å². The largest absolute Gasteiger partial charge is 0.480 e. The molecule has 38 heavy (non-hydrogen) atoms. The van der Waals surface area contributed by atoms with E-state index >= 15 is 0 Å². The van der Waals surface area contributed by atoms with Crippen molar-refractivity contribution < 1.29 is 38.5 Å². The quantitative estimate of drug-likeness (QED) is 0.211. The number of benzene rings is 1. The number of rotatable bonds is 17. The summed E-state index contributed by atoms with van der Waals surface area (Å²) in [4.78, 5) is 49.0. The monoisotopic (exact) mass is 535 g/mol. The van der Waals surface area contributed by atoms with Crippen LogP contribution in [-0.4, -0.2) is 47.7 Å². The summed E-state index contributed by atoms with van der Waals surface area (Å²) in [6.45, 7) is 13.2. The smallest absolute Gasteiger partial charge is 0.321 e. The van der Waals surface area contributed by atoms with Crippen LogP contribution in [0.4, 0.5) is 0 Å². The zero-order chi connectivity index (χ0) is 28.8. The molecule has 214 valence electrons. The van der Waals surface area contributed by atoms with Crippen LogP contribution >= 0.6 is 0 Å². The van der Waals surface area contributed by atoms with Gasteiger partial charge >= 0.3 is 23.9 Å². The van der Waals surface area contributed by atoms with Gasteiger partial charge in [0.25, 0.3) is 0 Å². The Morgan fingerprint density at radius 2 is 1.42 bits per heavy atom. The van der Waals surface area contributed by atoms with Gasteiger partial charge in [0.2, 0.25) is 0 Å². The van der Waals surface area contributed by atoms with Crippen LogP contribution in [0.5, 0.6) is 11.5 Å². The lowest BCUT2D eigenvalue weighted by Crippen LogP contribution is -2.42. The SMILES string of the molecule is CCCC(C)C(=O)Oc1ccc(C[C@H](NCC(C)OC(=O)CC(C)C)C(=O)O)cc1OC(=O)C(C)CCC. The highest BCUT2D eigenvalue weighted by atomic mass is 16.6. The predicted molar refractivity (Wildman–Crippen MR) is 144 cm³/mol. The molecule has 0 aliphatic rings. The third kappa shape index (κ3) is 12.1. The Kier molecular flexibility index (Phi) is 14.6. The van der Waals surface area contributed by atoms with Gasteiger partial charge in [-0.2, -0.15) is 0 Å². The summed E-state index contributed by atoms with van der Waals surface area (Å²) >= 11 is 0. The maximum atomic E-state index is 12.6. The third-order valence-electron chi connectivity index (χ3n) is 5.97. The van der Waals surface area contributed by atoms with Crippen LogP contribution in [-0.2, 0) is 30.3 Å². The van der Waals surface area contributed by atoms with Gasteiger partial charge in [-0.3, -0.25) is 19.2 Å².